The summed E-state index contributed by atoms with van der Waals surface area (Å²) in [6.45, 7) is 4.39. The van der Waals surface area contributed by atoms with Crippen LogP contribution < -0.4 is 10.6 Å². The molecule has 2 aromatic rings. The molecule has 0 amide bonds. The summed E-state index contributed by atoms with van der Waals surface area (Å²) in [6, 6.07) is 11.7. The number of hydrogen-bond acceptors (Lipinski definition) is 2. The van der Waals surface area contributed by atoms with Crippen molar-refractivity contribution in [3.8, 4) is 0 Å². The van der Waals surface area contributed by atoms with Crippen LogP contribution in [0.4, 0.5) is 0 Å². The van der Waals surface area contributed by atoms with E-state index in [9.17, 15) is 0 Å². The van der Waals surface area contributed by atoms with Crippen molar-refractivity contribution >= 4 is 53.1 Å². The summed E-state index contributed by atoms with van der Waals surface area (Å²) in [5.41, 5.74) is 2.37. The van der Waals surface area contributed by atoms with Crippen LogP contribution in [0.3, 0.4) is 0 Å². The third-order valence-electron chi connectivity index (χ3n) is 3.42. The molecular formula is C18H23Cl2IN4. The second-order valence-electron chi connectivity index (χ2n) is 5.30. The smallest absolute Gasteiger partial charge is 0.191 e. The molecule has 2 N–H and O–H groups in total. The minimum atomic E-state index is 0. The fourth-order valence-electron chi connectivity index (χ4n) is 2.17. The maximum absolute atomic E-state index is 5.89. The summed E-state index contributed by atoms with van der Waals surface area (Å²) in [7, 11) is 0. The van der Waals surface area contributed by atoms with Gasteiger partial charge in [-0.15, -0.1) is 24.0 Å². The van der Waals surface area contributed by atoms with Crippen LogP contribution in [-0.2, 0) is 12.8 Å². The molecule has 1 aromatic carbocycles. The van der Waals surface area contributed by atoms with Crippen LogP contribution in [0.5, 0.6) is 0 Å². The van der Waals surface area contributed by atoms with Crippen molar-refractivity contribution in [2.75, 3.05) is 19.6 Å². The molecule has 0 saturated heterocycles. The Kier molecular flexibility index (Phi) is 10.8. The van der Waals surface area contributed by atoms with Crippen molar-refractivity contribution < 1.29 is 0 Å². The number of nitrogens with one attached hydrogen (secondary N) is 2. The second-order valence-corrected chi connectivity index (χ2v) is 6.13. The van der Waals surface area contributed by atoms with Crippen LogP contribution >= 0.6 is 47.2 Å². The van der Waals surface area contributed by atoms with Crippen molar-refractivity contribution in [3.63, 3.8) is 0 Å². The molecule has 0 unspecified atom stereocenters. The normalized spacial score (nSPS) is 10.9. The zero-order valence-electron chi connectivity index (χ0n) is 14.1. The molecule has 0 aliphatic carbocycles. The average molecular weight is 493 g/mol. The number of nitrogens with zero attached hydrogens (tertiary/aromatic N) is 2. The monoisotopic (exact) mass is 492 g/mol. The van der Waals surface area contributed by atoms with Crippen LogP contribution in [-0.4, -0.2) is 30.6 Å². The van der Waals surface area contributed by atoms with Crippen LogP contribution in [0.1, 0.15) is 18.1 Å². The fourth-order valence-corrected chi connectivity index (χ4v) is 2.41. The van der Waals surface area contributed by atoms with Gasteiger partial charge in [0.1, 0.15) is 5.15 Å². The van der Waals surface area contributed by atoms with Crippen molar-refractivity contribution in [1.82, 2.24) is 15.6 Å². The van der Waals surface area contributed by atoms with Crippen LogP contribution in [0.15, 0.2) is 47.6 Å². The summed E-state index contributed by atoms with van der Waals surface area (Å²) < 4.78 is 0. The number of aromatic nitrogens is 1. The van der Waals surface area contributed by atoms with E-state index in [0.717, 1.165) is 49.0 Å². The van der Waals surface area contributed by atoms with Gasteiger partial charge in [0.2, 0.25) is 0 Å². The Bertz CT molecular complexity index is 645. The van der Waals surface area contributed by atoms with Gasteiger partial charge in [0, 0.05) is 30.9 Å². The van der Waals surface area contributed by atoms with E-state index >= 15 is 0 Å². The number of pyridine rings is 1. The largest absolute Gasteiger partial charge is 0.357 e. The van der Waals surface area contributed by atoms with E-state index in [2.05, 4.69) is 27.5 Å². The van der Waals surface area contributed by atoms with E-state index in [1.807, 2.05) is 36.4 Å². The van der Waals surface area contributed by atoms with Crippen molar-refractivity contribution in [2.45, 2.75) is 19.8 Å². The molecule has 0 atom stereocenters. The Balaban J connectivity index is 0.00000312. The highest BCUT2D eigenvalue weighted by molar-refractivity contribution is 14.0. The van der Waals surface area contributed by atoms with Crippen LogP contribution in [0.25, 0.3) is 0 Å². The fraction of sp³-hybridized carbons (Fsp3) is 0.333. The quantitative estimate of drug-likeness (QED) is 0.261. The summed E-state index contributed by atoms with van der Waals surface area (Å²) in [5.74, 6) is 0.827. The lowest BCUT2D eigenvalue weighted by Gasteiger charge is -2.11. The van der Waals surface area contributed by atoms with Gasteiger partial charge in [-0.1, -0.05) is 41.4 Å². The Hall–Kier alpha value is -1.05. The van der Waals surface area contributed by atoms with Gasteiger partial charge in [-0.2, -0.15) is 0 Å². The molecule has 1 aromatic heterocycles. The molecule has 2 rings (SSSR count). The Labute approximate surface area is 176 Å². The summed E-state index contributed by atoms with van der Waals surface area (Å²) in [4.78, 5) is 8.69. The van der Waals surface area contributed by atoms with Gasteiger partial charge >= 0.3 is 0 Å². The van der Waals surface area contributed by atoms with Crippen molar-refractivity contribution in [1.29, 1.82) is 0 Å². The number of benzene rings is 1. The maximum atomic E-state index is 5.89. The van der Waals surface area contributed by atoms with Crippen LogP contribution in [0.2, 0.25) is 10.2 Å². The van der Waals surface area contributed by atoms with Crippen LogP contribution in [0, 0.1) is 0 Å². The molecule has 0 aliphatic heterocycles. The predicted molar refractivity (Wildman–Crippen MR) is 118 cm³/mol. The topological polar surface area (TPSA) is 49.3 Å². The molecule has 0 fully saturated rings. The Morgan fingerprint density at radius 3 is 2.36 bits per heavy atom. The average Bonchev–Trinajstić information content (AvgIpc) is 2.58. The molecule has 0 radical (unpaired) electrons. The lowest BCUT2D eigenvalue weighted by molar-refractivity contribution is 0.795. The second kappa shape index (κ2) is 12.3. The Morgan fingerprint density at radius 1 is 1.00 bits per heavy atom. The highest BCUT2D eigenvalue weighted by Gasteiger charge is 1.99. The molecule has 0 bridgehead atoms. The van der Waals surface area contributed by atoms with E-state index in [0.29, 0.717) is 5.15 Å². The minimum absolute atomic E-state index is 0. The highest BCUT2D eigenvalue weighted by atomic mass is 127. The molecule has 0 aliphatic rings. The summed E-state index contributed by atoms with van der Waals surface area (Å²) in [5, 5.41) is 7.87. The van der Waals surface area contributed by atoms with E-state index in [1.165, 1.54) is 5.56 Å². The van der Waals surface area contributed by atoms with Gasteiger partial charge in [0.05, 0.1) is 0 Å². The lowest BCUT2D eigenvalue weighted by Crippen LogP contribution is -2.38. The highest BCUT2D eigenvalue weighted by Crippen LogP contribution is 2.09. The summed E-state index contributed by atoms with van der Waals surface area (Å²) in [6.07, 6.45) is 3.55. The first kappa shape index (κ1) is 22.0. The van der Waals surface area contributed by atoms with Crippen molar-refractivity contribution in [3.05, 3.63) is 63.9 Å². The van der Waals surface area contributed by atoms with Gasteiger partial charge in [-0.05, 0) is 49.1 Å². The lowest BCUT2D eigenvalue weighted by atomic mass is 10.1. The van der Waals surface area contributed by atoms with E-state index in [-0.39, 0.29) is 24.0 Å². The van der Waals surface area contributed by atoms with Crippen molar-refractivity contribution in [2.24, 2.45) is 4.99 Å². The van der Waals surface area contributed by atoms with E-state index in [1.54, 1.807) is 6.20 Å². The molecule has 0 saturated carbocycles. The van der Waals surface area contributed by atoms with E-state index < -0.39 is 0 Å². The Morgan fingerprint density at radius 2 is 1.72 bits per heavy atom. The van der Waals surface area contributed by atoms with Gasteiger partial charge < -0.3 is 10.6 Å². The third kappa shape index (κ3) is 8.74. The first-order valence-electron chi connectivity index (χ1n) is 8.04. The predicted octanol–water partition coefficient (Wildman–Crippen LogP) is 4.35. The van der Waals surface area contributed by atoms with E-state index in [4.69, 9.17) is 23.2 Å². The zero-order chi connectivity index (χ0) is 17.2. The number of guanidine groups is 1. The molecule has 136 valence electrons. The number of hydrogen-bond donors (Lipinski definition) is 2. The molecular weight excluding hydrogens is 470 g/mol. The standard InChI is InChI=1S/C18H22Cl2N4.HI/c1-2-21-18(22-11-9-14-3-6-16(19)7-4-14)23-12-10-15-5-8-17(20)24-13-15;/h3-8,13H,2,9-12H2,1H3,(H2,21,22,23);1H. The van der Waals surface area contributed by atoms with Gasteiger partial charge in [0.15, 0.2) is 5.96 Å². The maximum Gasteiger partial charge on any atom is 0.191 e. The molecule has 4 nitrogen and oxygen atoms in total. The number of aliphatic imine (C=N–C) groups is 1. The van der Waals surface area contributed by atoms with Gasteiger partial charge in [0.25, 0.3) is 0 Å². The first-order valence-corrected chi connectivity index (χ1v) is 8.80. The number of rotatable bonds is 7. The molecule has 25 heavy (non-hydrogen) atoms. The van der Waals surface area contributed by atoms with Gasteiger partial charge in [-0.3, -0.25) is 4.99 Å². The molecule has 7 heteroatoms. The molecule has 1 heterocycles. The number of halogens is 3. The zero-order valence-corrected chi connectivity index (χ0v) is 18.0. The molecule has 0 spiro atoms. The first-order chi connectivity index (χ1) is 11.7. The SMILES string of the molecule is CCNC(=NCCc1ccc(Cl)cc1)NCCc1ccc(Cl)nc1.I. The third-order valence-corrected chi connectivity index (χ3v) is 3.90. The van der Waals surface area contributed by atoms with Gasteiger partial charge in [-0.25, -0.2) is 4.98 Å². The summed E-state index contributed by atoms with van der Waals surface area (Å²) >= 11 is 11.7. The minimum Gasteiger partial charge on any atom is -0.357 e.